The molecule has 0 amide bonds. The number of benzene rings is 3. The fourth-order valence-electron chi connectivity index (χ4n) is 4.92. The van der Waals surface area contributed by atoms with E-state index in [-0.39, 0.29) is 11.8 Å². The molecule has 1 aliphatic heterocycles. The minimum Gasteiger partial charge on any atom is -0.507 e. The molecule has 5 nitrogen and oxygen atoms in total. The minimum atomic E-state index is 0.163. The van der Waals surface area contributed by atoms with E-state index in [0.717, 1.165) is 34.2 Å². The number of phenols is 1. The quantitative estimate of drug-likeness (QED) is 0.604. The molecule has 0 spiro atoms. The van der Waals surface area contributed by atoms with Crippen LogP contribution in [0.5, 0.6) is 23.0 Å². The SMILES string of the molecule is COc1cc2c(c(OC)c1-c1ccc3cc(C)cc(OC)c3c1O)[C@H](C)N(C)[C@@H](C)C2. The van der Waals surface area contributed by atoms with Crippen LogP contribution in [0.15, 0.2) is 30.3 Å². The summed E-state index contributed by atoms with van der Waals surface area (Å²) < 4.78 is 17.4. The third-order valence-corrected chi connectivity index (χ3v) is 6.72. The Morgan fingerprint density at radius 2 is 1.68 bits per heavy atom. The number of aromatic hydroxyl groups is 1. The van der Waals surface area contributed by atoms with Crippen LogP contribution in [-0.2, 0) is 6.42 Å². The summed E-state index contributed by atoms with van der Waals surface area (Å²) in [6, 6.07) is 10.6. The highest BCUT2D eigenvalue weighted by molar-refractivity contribution is 6.01. The molecule has 3 aromatic carbocycles. The van der Waals surface area contributed by atoms with Gasteiger partial charge in [0.2, 0.25) is 0 Å². The standard InChI is InChI=1S/C26H31NO4/c1-14-10-17-8-9-19(25(28)23(17)20(11-14)29-5)24-21(30-6)13-18-12-15(2)27(4)16(3)22(18)26(24)31-7/h8-11,13,15-16,28H,12H2,1-7H3/t15-,16-/m0/s1. The third kappa shape index (κ3) is 3.28. The Balaban J connectivity index is 2.06. The monoisotopic (exact) mass is 421 g/mol. The lowest BCUT2D eigenvalue weighted by Crippen LogP contribution is -2.38. The number of fused-ring (bicyclic) bond motifs is 2. The molecule has 0 aromatic heterocycles. The van der Waals surface area contributed by atoms with Crippen LogP contribution >= 0.6 is 0 Å². The smallest absolute Gasteiger partial charge is 0.135 e. The Kier molecular flexibility index (Phi) is 5.48. The van der Waals surface area contributed by atoms with Gasteiger partial charge in [0, 0.05) is 23.2 Å². The lowest BCUT2D eigenvalue weighted by molar-refractivity contribution is 0.175. The predicted molar refractivity (Wildman–Crippen MR) is 125 cm³/mol. The van der Waals surface area contributed by atoms with Crippen LogP contribution in [0, 0.1) is 6.92 Å². The van der Waals surface area contributed by atoms with Gasteiger partial charge in [0.25, 0.3) is 0 Å². The number of likely N-dealkylation sites (N-methyl/N-ethyl adjacent to an activating group) is 1. The number of phenolic OH excluding ortho intramolecular Hbond substituents is 1. The van der Waals surface area contributed by atoms with E-state index in [1.807, 2.05) is 31.2 Å². The maximum atomic E-state index is 11.4. The van der Waals surface area contributed by atoms with Gasteiger partial charge in [-0.05, 0) is 69.0 Å². The van der Waals surface area contributed by atoms with Gasteiger partial charge < -0.3 is 19.3 Å². The van der Waals surface area contributed by atoms with Gasteiger partial charge in [0.05, 0.1) is 32.3 Å². The van der Waals surface area contributed by atoms with Gasteiger partial charge in [-0.2, -0.15) is 0 Å². The first kappa shape index (κ1) is 21.3. The molecule has 0 fully saturated rings. The Bertz CT molecular complexity index is 1150. The summed E-state index contributed by atoms with van der Waals surface area (Å²) >= 11 is 0. The molecule has 0 saturated carbocycles. The van der Waals surface area contributed by atoms with E-state index >= 15 is 0 Å². The van der Waals surface area contributed by atoms with Crippen LogP contribution in [0.1, 0.15) is 36.6 Å². The maximum Gasteiger partial charge on any atom is 0.135 e. The second kappa shape index (κ2) is 7.97. The molecule has 1 aliphatic rings. The predicted octanol–water partition coefficient (Wildman–Crippen LogP) is 5.48. The second-order valence-electron chi connectivity index (χ2n) is 8.48. The number of hydrogen-bond acceptors (Lipinski definition) is 5. The lowest BCUT2D eigenvalue weighted by Gasteiger charge is -2.39. The molecule has 0 aliphatic carbocycles. The second-order valence-corrected chi connectivity index (χ2v) is 8.48. The molecule has 31 heavy (non-hydrogen) atoms. The largest absolute Gasteiger partial charge is 0.507 e. The van der Waals surface area contributed by atoms with Crippen molar-refractivity contribution in [2.45, 2.75) is 39.3 Å². The molecule has 0 saturated heterocycles. The molecule has 4 rings (SSSR count). The molecular formula is C26H31NO4. The average molecular weight is 422 g/mol. The Labute approximate surface area is 184 Å². The number of nitrogens with zero attached hydrogens (tertiary/aromatic N) is 1. The van der Waals surface area contributed by atoms with Gasteiger partial charge in [-0.15, -0.1) is 0 Å². The topological polar surface area (TPSA) is 51.2 Å². The van der Waals surface area contributed by atoms with Crippen molar-refractivity contribution >= 4 is 10.8 Å². The van der Waals surface area contributed by atoms with Gasteiger partial charge in [-0.25, -0.2) is 0 Å². The number of rotatable bonds is 4. The van der Waals surface area contributed by atoms with Gasteiger partial charge in [0.1, 0.15) is 23.0 Å². The third-order valence-electron chi connectivity index (χ3n) is 6.72. The first-order valence-corrected chi connectivity index (χ1v) is 10.6. The zero-order chi connectivity index (χ0) is 22.4. The van der Waals surface area contributed by atoms with E-state index in [0.29, 0.717) is 28.5 Å². The normalized spacial score (nSPS) is 18.7. The molecule has 2 atom stereocenters. The van der Waals surface area contributed by atoms with Crippen molar-refractivity contribution in [3.05, 3.63) is 47.0 Å². The zero-order valence-electron chi connectivity index (χ0n) is 19.4. The van der Waals surface area contributed by atoms with Crippen molar-refractivity contribution in [3.63, 3.8) is 0 Å². The van der Waals surface area contributed by atoms with E-state index in [1.54, 1.807) is 21.3 Å². The van der Waals surface area contributed by atoms with Gasteiger partial charge in [-0.1, -0.05) is 12.1 Å². The van der Waals surface area contributed by atoms with E-state index in [1.165, 1.54) is 5.56 Å². The summed E-state index contributed by atoms with van der Waals surface area (Å²) in [5.74, 6) is 2.25. The average Bonchev–Trinajstić information content (AvgIpc) is 2.76. The molecule has 0 unspecified atom stereocenters. The maximum absolute atomic E-state index is 11.4. The molecule has 1 heterocycles. The minimum absolute atomic E-state index is 0.163. The molecule has 5 heteroatoms. The summed E-state index contributed by atoms with van der Waals surface area (Å²) in [4.78, 5) is 2.35. The summed E-state index contributed by atoms with van der Waals surface area (Å²) in [6.07, 6.45) is 0.917. The summed E-state index contributed by atoms with van der Waals surface area (Å²) in [7, 11) is 7.11. The van der Waals surface area contributed by atoms with Crippen LogP contribution in [0.3, 0.4) is 0 Å². The van der Waals surface area contributed by atoms with Crippen molar-refractivity contribution in [2.24, 2.45) is 0 Å². The lowest BCUT2D eigenvalue weighted by atomic mass is 9.85. The Morgan fingerprint density at radius 1 is 0.968 bits per heavy atom. The first-order valence-electron chi connectivity index (χ1n) is 10.6. The van der Waals surface area contributed by atoms with Crippen molar-refractivity contribution in [1.82, 2.24) is 4.90 Å². The fourth-order valence-corrected chi connectivity index (χ4v) is 4.92. The van der Waals surface area contributed by atoms with Crippen molar-refractivity contribution in [1.29, 1.82) is 0 Å². The van der Waals surface area contributed by atoms with E-state index in [4.69, 9.17) is 14.2 Å². The van der Waals surface area contributed by atoms with Crippen molar-refractivity contribution < 1.29 is 19.3 Å². The van der Waals surface area contributed by atoms with Crippen LogP contribution in [-0.4, -0.2) is 44.4 Å². The highest BCUT2D eigenvalue weighted by Gasteiger charge is 2.33. The number of methoxy groups -OCH3 is 3. The van der Waals surface area contributed by atoms with Crippen LogP contribution in [0.4, 0.5) is 0 Å². The molecule has 1 N–H and O–H groups in total. The summed E-state index contributed by atoms with van der Waals surface area (Å²) in [5.41, 5.74) is 4.88. The van der Waals surface area contributed by atoms with E-state index in [2.05, 4.69) is 31.9 Å². The molecule has 0 radical (unpaired) electrons. The van der Waals surface area contributed by atoms with E-state index < -0.39 is 0 Å². The van der Waals surface area contributed by atoms with Crippen LogP contribution < -0.4 is 14.2 Å². The summed E-state index contributed by atoms with van der Waals surface area (Å²) in [5, 5.41) is 13.0. The molecular weight excluding hydrogens is 390 g/mol. The Morgan fingerprint density at radius 3 is 2.32 bits per heavy atom. The number of aryl methyl sites for hydroxylation is 1. The van der Waals surface area contributed by atoms with E-state index in [9.17, 15) is 5.11 Å². The van der Waals surface area contributed by atoms with Gasteiger partial charge in [-0.3, -0.25) is 4.90 Å². The van der Waals surface area contributed by atoms with Crippen LogP contribution in [0.2, 0.25) is 0 Å². The van der Waals surface area contributed by atoms with Crippen molar-refractivity contribution in [3.8, 4) is 34.1 Å². The number of ether oxygens (including phenoxy) is 3. The van der Waals surface area contributed by atoms with Gasteiger partial charge in [0.15, 0.2) is 0 Å². The molecule has 3 aromatic rings. The highest BCUT2D eigenvalue weighted by Crippen LogP contribution is 2.52. The summed E-state index contributed by atoms with van der Waals surface area (Å²) in [6.45, 7) is 6.44. The zero-order valence-corrected chi connectivity index (χ0v) is 19.4. The van der Waals surface area contributed by atoms with Gasteiger partial charge >= 0.3 is 0 Å². The van der Waals surface area contributed by atoms with Crippen molar-refractivity contribution in [2.75, 3.05) is 28.4 Å². The number of hydrogen-bond donors (Lipinski definition) is 1. The highest BCUT2D eigenvalue weighted by atomic mass is 16.5. The fraction of sp³-hybridized carbons (Fsp3) is 0.385. The molecule has 0 bridgehead atoms. The first-order chi connectivity index (χ1) is 14.8. The molecule has 164 valence electrons. The van der Waals surface area contributed by atoms with Crippen LogP contribution in [0.25, 0.3) is 21.9 Å². The Hall–Kier alpha value is -2.92.